The third-order valence-electron chi connectivity index (χ3n) is 1.87. The lowest BCUT2D eigenvalue weighted by atomic mass is 10.2. The van der Waals surface area contributed by atoms with E-state index < -0.39 is 11.9 Å². The van der Waals surface area contributed by atoms with Crippen LogP contribution in [0.25, 0.3) is 0 Å². The molecule has 5 heteroatoms. The molecule has 0 fully saturated rings. The molecule has 0 bridgehead atoms. The molecule has 0 saturated carbocycles. The average Bonchev–Trinajstić information content (AvgIpc) is 2.34. The number of hydrogen-bond acceptors (Lipinski definition) is 4. The van der Waals surface area contributed by atoms with Gasteiger partial charge in [0.05, 0.1) is 0 Å². The maximum absolute atomic E-state index is 10.8. The first-order valence-corrected chi connectivity index (χ1v) is 4.89. The Bertz CT molecular complexity index is 425. The molecule has 0 aliphatic heterocycles. The van der Waals surface area contributed by atoms with Crippen molar-refractivity contribution in [1.82, 2.24) is 0 Å². The van der Waals surface area contributed by atoms with E-state index in [-0.39, 0.29) is 24.5 Å². The largest absolute Gasteiger partial charge is 0.489 e. The molecule has 1 aromatic carbocycles. The molecular weight excluding hydrogens is 224 g/mol. The average molecular weight is 236 g/mol. The second kappa shape index (κ2) is 6.32. The molecule has 0 amide bonds. The smallest absolute Gasteiger partial charge is 0.339 e. The monoisotopic (exact) mass is 236 g/mol. The molecular formula is C12H12O5. The van der Waals surface area contributed by atoms with Gasteiger partial charge in [-0.2, -0.15) is 0 Å². The quantitative estimate of drug-likeness (QED) is 0.460. The van der Waals surface area contributed by atoms with Crippen LogP contribution in [-0.2, 0) is 9.53 Å². The SMILES string of the molecule is C=CC(=O)OCCOc1ccccc1C(=O)O. The first-order chi connectivity index (χ1) is 8.15. The Kier molecular flexibility index (Phi) is 4.75. The molecule has 1 aromatic rings. The van der Waals surface area contributed by atoms with Gasteiger partial charge >= 0.3 is 11.9 Å². The lowest BCUT2D eigenvalue weighted by Gasteiger charge is -2.08. The van der Waals surface area contributed by atoms with Crippen molar-refractivity contribution in [3.63, 3.8) is 0 Å². The van der Waals surface area contributed by atoms with E-state index in [0.29, 0.717) is 0 Å². The van der Waals surface area contributed by atoms with E-state index in [1.165, 1.54) is 6.07 Å². The Morgan fingerprint density at radius 3 is 2.65 bits per heavy atom. The van der Waals surface area contributed by atoms with Gasteiger partial charge in [0, 0.05) is 6.08 Å². The number of carbonyl (C=O) groups is 2. The van der Waals surface area contributed by atoms with Crippen molar-refractivity contribution >= 4 is 11.9 Å². The normalized spacial score (nSPS) is 9.41. The zero-order valence-electron chi connectivity index (χ0n) is 9.09. The number of para-hydroxylation sites is 1. The van der Waals surface area contributed by atoms with Crippen molar-refractivity contribution in [3.8, 4) is 5.75 Å². The molecule has 1 N–H and O–H groups in total. The number of hydrogen-bond donors (Lipinski definition) is 1. The van der Waals surface area contributed by atoms with Crippen LogP contribution in [0.1, 0.15) is 10.4 Å². The van der Waals surface area contributed by atoms with Crippen LogP contribution >= 0.6 is 0 Å². The molecule has 0 atom stereocenters. The summed E-state index contributed by atoms with van der Waals surface area (Å²) >= 11 is 0. The standard InChI is InChI=1S/C12H12O5/c1-2-11(13)17-8-7-16-10-6-4-3-5-9(10)12(14)15/h2-6H,1,7-8H2,(H,14,15). The summed E-state index contributed by atoms with van der Waals surface area (Å²) in [5, 5.41) is 8.87. The van der Waals surface area contributed by atoms with Gasteiger partial charge in [-0.15, -0.1) is 0 Å². The predicted molar refractivity (Wildman–Crippen MR) is 60.1 cm³/mol. The molecule has 17 heavy (non-hydrogen) atoms. The predicted octanol–water partition coefficient (Wildman–Crippen LogP) is 1.49. The van der Waals surface area contributed by atoms with Gasteiger partial charge in [-0.1, -0.05) is 18.7 Å². The van der Waals surface area contributed by atoms with E-state index >= 15 is 0 Å². The fraction of sp³-hybridized carbons (Fsp3) is 0.167. The Balaban J connectivity index is 2.49. The lowest BCUT2D eigenvalue weighted by Crippen LogP contribution is -2.11. The fourth-order valence-corrected chi connectivity index (χ4v) is 1.12. The summed E-state index contributed by atoms with van der Waals surface area (Å²) in [7, 11) is 0. The summed E-state index contributed by atoms with van der Waals surface area (Å²) < 4.78 is 9.88. The van der Waals surface area contributed by atoms with Gasteiger partial charge in [0.1, 0.15) is 24.5 Å². The topological polar surface area (TPSA) is 72.8 Å². The number of ether oxygens (including phenoxy) is 2. The van der Waals surface area contributed by atoms with Crippen LogP contribution in [0.2, 0.25) is 0 Å². The van der Waals surface area contributed by atoms with Crippen molar-refractivity contribution in [2.45, 2.75) is 0 Å². The molecule has 0 aliphatic carbocycles. The first kappa shape index (κ1) is 12.8. The van der Waals surface area contributed by atoms with E-state index in [9.17, 15) is 9.59 Å². The van der Waals surface area contributed by atoms with Crippen LogP contribution in [0.4, 0.5) is 0 Å². The Labute approximate surface area is 98.3 Å². The van der Waals surface area contributed by atoms with E-state index in [1.807, 2.05) is 0 Å². The third kappa shape index (κ3) is 3.98. The zero-order chi connectivity index (χ0) is 12.7. The maximum Gasteiger partial charge on any atom is 0.339 e. The molecule has 0 aliphatic rings. The van der Waals surface area contributed by atoms with Crippen LogP contribution < -0.4 is 4.74 Å². The molecule has 0 radical (unpaired) electrons. The number of benzene rings is 1. The Morgan fingerprint density at radius 2 is 2.00 bits per heavy atom. The summed E-state index contributed by atoms with van der Waals surface area (Å²) in [6.07, 6.45) is 1.05. The minimum Gasteiger partial charge on any atom is -0.489 e. The van der Waals surface area contributed by atoms with Crippen molar-refractivity contribution in [3.05, 3.63) is 42.5 Å². The number of rotatable bonds is 6. The number of esters is 1. The van der Waals surface area contributed by atoms with Gasteiger partial charge in [-0.25, -0.2) is 9.59 Å². The van der Waals surface area contributed by atoms with Crippen LogP contribution in [0.3, 0.4) is 0 Å². The Morgan fingerprint density at radius 1 is 1.29 bits per heavy atom. The van der Waals surface area contributed by atoms with E-state index in [1.54, 1.807) is 18.2 Å². The summed E-state index contributed by atoms with van der Waals surface area (Å²) in [6, 6.07) is 6.25. The maximum atomic E-state index is 10.8. The molecule has 1 rings (SSSR count). The number of carboxylic acid groups (broad SMARTS) is 1. The zero-order valence-corrected chi connectivity index (χ0v) is 9.09. The van der Waals surface area contributed by atoms with Crippen molar-refractivity contribution in [2.75, 3.05) is 13.2 Å². The highest BCUT2D eigenvalue weighted by molar-refractivity contribution is 5.90. The van der Waals surface area contributed by atoms with Gasteiger partial charge in [0.15, 0.2) is 0 Å². The minimum atomic E-state index is -1.07. The van der Waals surface area contributed by atoms with Gasteiger partial charge < -0.3 is 14.6 Å². The second-order valence-electron chi connectivity index (χ2n) is 3.02. The number of aromatic carboxylic acids is 1. The molecule has 5 nitrogen and oxygen atoms in total. The number of carbonyl (C=O) groups excluding carboxylic acids is 1. The lowest BCUT2D eigenvalue weighted by molar-refractivity contribution is -0.138. The summed E-state index contributed by atoms with van der Waals surface area (Å²) in [6.45, 7) is 3.37. The highest BCUT2D eigenvalue weighted by atomic mass is 16.6. The van der Waals surface area contributed by atoms with Gasteiger partial charge in [0.2, 0.25) is 0 Å². The van der Waals surface area contributed by atoms with Crippen LogP contribution in [0.5, 0.6) is 5.75 Å². The molecule has 0 saturated heterocycles. The van der Waals surface area contributed by atoms with Gasteiger partial charge in [-0.05, 0) is 12.1 Å². The van der Waals surface area contributed by atoms with Crippen molar-refractivity contribution in [1.29, 1.82) is 0 Å². The van der Waals surface area contributed by atoms with Gasteiger partial charge in [0.25, 0.3) is 0 Å². The molecule has 90 valence electrons. The van der Waals surface area contributed by atoms with Crippen molar-refractivity contribution in [2.24, 2.45) is 0 Å². The minimum absolute atomic E-state index is 0.0405. The highest BCUT2D eigenvalue weighted by Crippen LogP contribution is 2.17. The summed E-state index contributed by atoms with van der Waals surface area (Å²) in [5.41, 5.74) is 0.0718. The van der Waals surface area contributed by atoms with E-state index in [2.05, 4.69) is 11.3 Å². The van der Waals surface area contributed by atoms with Crippen LogP contribution in [0, 0.1) is 0 Å². The number of carboxylic acids is 1. The van der Waals surface area contributed by atoms with Crippen molar-refractivity contribution < 1.29 is 24.2 Å². The van der Waals surface area contributed by atoms with E-state index in [4.69, 9.17) is 9.84 Å². The summed E-state index contributed by atoms with van der Waals surface area (Å²) in [5.74, 6) is -1.36. The van der Waals surface area contributed by atoms with Crippen LogP contribution in [-0.4, -0.2) is 30.3 Å². The first-order valence-electron chi connectivity index (χ1n) is 4.89. The van der Waals surface area contributed by atoms with Crippen LogP contribution in [0.15, 0.2) is 36.9 Å². The van der Waals surface area contributed by atoms with Gasteiger partial charge in [-0.3, -0.25) is 0 Å². The Hall–Kier alpha value is -2.30. The molecule has 0 spiro atoms. The summed E-state index contributed by atoms with van der Waals surface area (Å²) in [4.78, 5) is 21.5. The third-order valence-corrected chi connectivity index (χ3v) is 1.87. The van der Waals surface area contributed by atoms with E-state index in [0.717, 1.165) is 6.08 Å². The molecule has 0 unspecified atom stereocenters. The fourth-order valence-electron chi connectivity index (χ4n) is 1.12. The molecule has 0 aromatic heterocycles. The highest BCUT2D eigenvalue weighted by Gasteiger charge is 2.09. The second-order valence-corrected chi connectivity index (χ2v) is 3.02. The molecule has 0 heterocycles.